The van der Waals surface area contributed by atoms with E-state index in [-0.39, 0.29) is 11.9 Å². The Hall–Kier alpha value is -3.26. The lowest BCUT2D eigenvalue weighted by Gasteiger charge is -2.15. The number of hydrogen-bond donors (Lipinski definition) is 1. The number of aromatic nitrogens is 4. The van der Waals surface area contributed by atoms with Crippen molar-refractivity contribution in [2.24, 2.45) is 0 Å². The van der Waals surface area contributed by atoms with Crippen LogP contribution < -0.4 is 5.32 Å². The Morgan fingerprint density at radius 1 is 1.21 bits per heavy atom. The van der Waals surface area contributed by atoms with Gasteiger partial charge in [-0.1, -0.05) is 18.2 Å². The summed E-state index contributed by atoms with van der Waals surface area (Å²) in [5.41, 5.74) is 3.18. The zero-order valence-electron chi connectivity index (χ0n) is 16.8. The van der Waals surface area contributed by atoms with Gasteiger partial charge in [-0.3, -0.25) is 4.79 Å². The van der Waals surface area contributed by atoms with Gasteiger partial charge in [0.25, 0.3) is 5.91 Å². The summed E-state index contributed by atoms with van der Waals surface area (Å²) in [6, 6.07) is 11.8. The van der Waals surface area contributed by atoms with Crippen LogP contribution >= 0.6 is 0 Å². The average Bonchev–Trinajstić information content (AvgIpc) is 3.32. The summed E-state index contributed by atoms with van der Waals surface area (Å²) in [6.07, 6.45) is 1.71. The molecule has 4 rings (SSSR count). The van der Waals surface area contributed by atoms with E-state index in [0.717, 1.165) is 16.9 Å². The van der Waals surface area contributed by atoms with Gasteiger partial charge in [0.15, 0.2) is 5.82 Å². The SMILES string of the molecule is COCCN1Cc2cccc(Nc3cccc(-c4nncn4C(C)C)n3)c2C1=O. The molecule has 0 saturated heterocycles. The highest BCUT2D eigenvalue weighted by Gasteiger charge is 2.29. The van der Waals surface area contributed by atoms with Crippen molar-refractivity contribution in [1.29, 1.82) is 0 Å². The van der Waals surface area contributed by atoms with Crippen LogP contribution in [0.3, 0.4) is 0 Å². The van der Waals surface area contributed by atoms with Crippen molar-refractivity contribution in [2.45, 2.75) is 26.4 Å². The molecular formula is C21H24N6O2. The zero-order valence-corrected chi connectivity index (χ0v) is 16.8. The van der Waals surface area contributed by atoms with E-state index in [9.17, 15) is 4.79 Å². The molecule has 8 nitrogen and oxygen atoms in total. The lowest BCUT2D eigenvalue weighted by atomic mass is 10.1. The first-order valence-corrected chi connectivity index (χ1v) is 9.62. The third kappa shape index (κ3) is 3.71. The van der Waals surface area contributed by atoms with Crippen molar-refractivity contribution in [3.63, 3.8) is 0 Å². The molecule has 1 aromatic carbocycles. The third-order valence-electron chi connectivity index (χ3n) is 4.95. The fourth-order valence-electron chi connectivity index (χ4n) is 3.48. The van der Waals surface area contributed by atoms with E-state index < -0.39 is 0 Å². The number of benzene rings is 1. The van der Waals surface area contributed by atoms with Crippen LogP contribution in [0, 0.1) is 0 Å². The number of anilines is 2. The van der Waals surface area contributed by atoms with Crippen molar-refractivity contribution in [1.82, 2.24) is 24.6 Å². The number of amides is 1. The minimum absolute atomic E-state index is 0.0101. The van der Waals surface area contributed by atoms with Gasteiger partial charge in [-0.15, -0.1) is 10.2 Å². The Balaban J connectivity index is 1.62. The number of pyridine rings is 1. The maximum atomic E-state index is 12.9. The van der Waals surface area contributed by atoms with Gasteiger partial charge in [0.1, 0.15) is 17.8 Å². The fourth-order valence-corrected chi connectivity index (χ4v) is 3.48. The predicted molar refractivity (Wildman–Crippen MR) is 110 cm³/mol. The van der Waals surface area contributed by atoms with Crippen molar-refractivity contribution < 1.29 is 9.53 Å². The molecule has 0 spiro atoms. The van der Waals surface area contributed by atoms with Gasteiger partial charge in [0, 0.05) is 26.2 Å². The standard InChI is InChI=1S/C21H24N6O2/c1-14(2)27-13-22-25-20(27)17-8-5-9-18(24-17)23-16-7-4-6-15-12-26(10-11-29-3)21(28)19(15)16/h4-9,13-14H,10-12H2,1-3H3,(H,23,24). The molecule has 1 aliphatic heterocycles. The monoisotopic (exact) mass is 392 g/mol. The molecule has 0 bridgehead atoms. The highest BCUT2D eigenvalue weighted by molar-refractivity contribution is 6.04. The maximum Gasteiger partial charge on any atom is 0.256 e. The quantitative estimate of drug-likeness (QED) is 0.664. The van der Waals surface area contributed by atoms with Crippen LogP contribution in [0.4, 0.5) is 11.5 Å². The lowest BCUT2D eigenvalue weighted by Crippen LogP contribution is -2.27. The van der Waals surface area contributed by atoms with Gasteiger partial charge < -0.3 is 19.5 Å². The van der Waals surface area contributed by atoms with E-state index in [1.807, 2.05) is 41.0 Å². The first-order chi connectivity index (χ1) is 14.1. The zero-order chi connectivity index (χ0) is 20.4. The van der Waals surface area contributed by atoms with Crippen molar-refractivity contribution in [2.75, 3.05) is 25.6 Å². The molecule has 150 valence electrons. The van der Waals surface area contributed by atoms with Crippen LogP contribution in [0.2, 0.25) is 0 Å². The van der Waals surface area contributed by atoms with E-state index in [1.165, 1.54) is 0 Å². The van der Waals surface area contributed by atoms with Crippen molar-refractivity contribution >= 4 is 17.4 Å². The topological polar surface area (TPSA) is 85.2 Å². The Bertz CT molecular complexity index is 1030. The molecule has 0 radical (unpaired) electrons. The normalized spacial score (nSPS) is 13.2. The van der Waals surface area contributed by atoms with Crippen LogP contribution in [-0.2, 0) is 11.3 Å². The van der Waals surface area contributed by atoms with E-state index in [2.05, 4.69) is 29.4 Å². The van der Waals surface area contributed by atoms with Crippen LogP contribution in [0.5, 0.6) is 0 Å². The summed E-state index contributed by atoms with van der Waals surface area (Å²) in [4.78, 5) is 19.4. The maximum absolute atomic E-state index is 12.9. The molecule has 0 saturated carbocycles. The van der Waals surface area contributed by atoms with E-state index in [0.29, 0.717) is 36.9 Å². The van der Waals surface area contributed by atoms with Crippen molar-refractivity contribution in [3.8, 4) is 11.5 Å². The first-order valence-electron chi connectivity index (χ1n) is 9.62. The number of hydrogen-bond acceptors (Lipinski definition) is 6. The summed E-state index contributed by atoms with van der Waals surface area (Å²) >= 11 is 0. The summed E-state index contributed by atoms with van der Waals surface area (Å²) in [5.74, 6) is 1.37. The number of nitrogens with zero attached hydrogens (tertiary/aromatic N) is 5. The van der Waals surface area contributed by atoms with Crippen LogP contribution in [0.25, 0.3) is 11.5 Å². The smallest absolute Gasteiger partial charge is 0.256 e. The van der Waals surface area contributed by atoms with Crippen LogP contribution in [-0.4, -0.2) is 50.8 Å². The summed E-state index contributed by atoms with van der Waals surface area (Å²) < 4.78 is 7.09. The minimum atomic E-state index is 0.0101. The fraction of sp³-hybridized carbons (Fsp3) is 0.333. The molecule has 8 heteroatoms. The van der Waals surface area contributed by atoms with Gasteiger partial charge in [0.2, 0.25) is 0 Å². The van der Waals surface area contributed by atoms with Gasteiger partial charge in [-0.05, 0) is 37.6 Å². The molecule has 0 atom stereocenters. The highest BCUT2D eigenvalue weighted by atomic mass is 16.5. The Labute approximate surface area is 169 Å². The van der Waals surface area contributed by atoms with Gasteiger partial charge in [-0.2, -0.15) is 0 Å². The van der Waals surface area contributed by atoms with Crippen molar-refractivity contribution in [3.05, 3.63) is 53.9 Å². The summed E-state index contributed by atoms with van der Waals surface area (Å²) in [7, 11) is 1.64. The van der Waals surface area contributed by atoms with Gasteiger partial charge >= 0.3 is 0 Å². The number of carbonyl (C=O) groups excluding carboxylic acids is 1. The second-order valence-corrected chi connectivity index (χ2v) is 7.25. The lowest BCUT2D eigenvalue weighted by molar-refractivity contribution is 0.0720. The molecule has 1 N–H and O–H groups in total. The molecule has 29 heavy (non-hydrogen) atoms. The van der Waals surface area contributed by atoms with Crippen LogP contribution in [0.1, 0.15) is 35.8 Å². The van der Waals surface area contributed by atoms with Gasteiger partial charge in [0.05, 0.1) is 17.9 Å². The Kier molecular flexibility index (Phi) is 5.26. The molecule has 0 aliphatic carbocycles. The molecule has 3 heterocycles. The van der Waals surface area contributed by atoms with E-state index in [1.54, 1.807) is 18.3 Å². The molecule has 0 unspecified atom stereocenters. The second-order valence-electron chi connectivity index (χ2n) is 7.25. The second kappa shape index (κ2) is 8.00. The number of rotatable bonds is 7. The summed E-state index contributed by atoms with van der Waals surface area (Å²) in [5, 5.41) is 11.5. The number of ether oxygens (including phenoxy) is 1. The predicted octanol–water partition coefficient (Wildman–Crippen LogP) is 3.27. The Morgan fingerprint density at radius 2 is 2.03 bits per heavy atom. The molecule has 0 fully saturated rings. The summed E-state index contributed by atoms with van der Waals surface area (Å²) in [6.45, 7) is 5.83. The molecule has 1 amide bonds. The average molecular weight is 392 g/mol. The number of methoxy groups -OCH3 is 1. The Morgan fingerprint density at radius 3 is 2.83 bits per heavy atom. The molecule has 1 aliphatic rings. The minimum Gasteiger partial charge on any atom is -0.383 e. The first kappa shape index (κ1) is 19.1. The molecular weight excluding hydrogens is 368 g/mol. The van der Waals surface area contributed by atoms with Gasteiger partial charge in [-0.25, -0.2) is 4.98 Å². The van der Waals surface area contributed by atoms with Crippen LogP contribution in [0.15, 0.2) is 42.7 Å². The number of fused-ring (bicyclic) bond motifs is 1. The largest absolute Gasteiger partial charge is 0.383 e. The molecule has 3 aromatic rings. The van der Waals surface area contributed by atoms with E-state index in [4.69, 9.17) is 9.72 Å². The highest BCUT2D eigenvalue weighted by Crippen LogP contribution is 2.31. The number of carbonyl (C=O) groups is 1. The third-order valence-corrected chi connectivity index (χ3v) is 4.95. The van der Waals surface area contributed by atoms with E-state index >= 15 is 0 Å². The number of nitrogens with one attached hydrogen (secondary N) is 1. The molecule has 2 aromatic heterocycles.